The Bertz CT molecular complexity index is 321. The van der Waals surface area contributed by atoms with Crippen molar-refractivity contribution in [2.45, 2.75) is 24.1 Å². The maximum Gasteiger partial charge on any atom is 0.326 e. The van der Waals surface area contributed by atoms with Crippen molar-refractivity contribution in [1.29, 1.82) is 0 Å². The van der Waals surface area contributed by atoms with E-state index in [1.165, 1.54) is 11.2 Å². The smallest absolute Gasteiger partial charge is 0.326 e. The van der Waals surface area contributed by atoms with Gasteiger partial charge in [0.15, 0.2) is 0 Å². The summed E-state index contributed by atoms with van der Waals surface area (Å²) in [5.74, 6) is -0.937. The maximum atomic E-state index is 11.5. The third-order valence-corrected chi connectivity index (χ3v) is 3.63. The van der Waals surface area contributed by atoms with Crippen molar-refractivity contribution < 1.29 is 18.9 Å². The van der Waals surface area contributed by atoms with E-state index in [1.54, 1.807) is 0 Å². The van der Waals surface area contributed by atoms with Gasteiger partial charge in [0.25, 0.3) is 0 Å². The molecule has 5 nitrogen and oxygen atoms in total. The van der Waals surface area contributed by atoms with Crippen LogP contribution in [0.15, 0.2) is 0 Å². The van der Waals surface area contributed by atoms with E-state index in [4.69, 9.17) is 5.11 Å². The Morgan fingerprint density at radius 3 is 2.75 bits per heavy atom. The van der Waals surface area contributed by atoms with Crippen LogP contribution < -0.4 is 0 Å². The number of thiol groups is 1. The van der Waals surface area contributed by atoms with E-state index < -0.39 is 22.8 Å². The summed E-state index contributed by atoms with van der Waals surface area (Å²) in [4.78, 5) is 23.9. The molecule has 1 aliphatic rings. The molecule has 0 spiro atoms. The summed E-state index contributed by atoms with van der Waals surface area (Å²) in [6.07, 6.45) is 2.03. The Hall–Kier alpha value is -0.560. The lowest BCUT2D eigenvalue weighted by molar-refractivity contribution is -0.148. The number of nitrogens with zero attached hydrogens (tertiary/aromatic N) is 1. The van der Waals surface area contributed by atoms with E-state index in [1.807, 2.05) is 0 Å². The van der Waals surface area contributed by atoms with Crippen LogP contribution in [-0.4, -0.2) is 55.9 Å². The van der Waals surface area contributed by atoms with Crippen LogP contribution in [0.3, 0.4) is 0 Å². The number of hydrogen-bond donors (Lipinski definition) is 2. The second-order valence-corrected chi connectivity index (χ2v) is 6.11. The summed E-state index contributed by atoms with van der Waals surface area (Å²) in [7, 11) is -1.04. The molecule has 1 saturated heterocycles. The zero-order valence-corrected chi connectivity index (χ0v) is 10.7. The van der Waals surface area contributed by atoms with Gasteiger partial charge in [0.2, 0.25) is 5.91 Å². The topological polar surface area (TPSA) is 74.7 Å². The van der Waals surface area contributed by atoms with E-state index in [9.17, 15) is 13.8 Å². The Kier molecular flexibility index (Phi) is 4.79. The van der Waals surface area contributed by atoms with Crippen molar-refractivity contribution in [2.24, 2.45) is 0 Å². The van der Waals surface area contributed by atoms with Crippen molar-refractivity contribution >= 4 is 35.3 Å². The van der Waals surface area contributed by atoms with Gasteiger partial charge in [-0.15, -0.1) is 0 Å². The van der Waals surface area contributed by atoms with Gasteiger partial charge in [0, 0.05) is 41.0 Å². The molecule has 1 heterocycles. The summed E-state index contributed by atoms with van der Waals surface area (Å²) in [5, 5.41) is 8.94. The molecule has 1 aliphatic heterocycles. The number of likely N-dealkylation sites (tertiary alicyclic amines) is 1. The number of aliphatic carboxylic acids is 1. The first-order valence-corrected chi connectivity index (χ1v) is 7.16. The van der Waals surface area contributed by atoms with Crippen LogP contribution in [0.2, 0.25) is 0 Å². The predicted octanol–water partition coefficient (Wildman–Crippen LogP) is -0.261. The van der Waals surface area contributed by atoms with E-state index in [2.05, 4.69) is 12.6 Å². The molecular formula is C9H15NO4S2. The van der Waals surface area contributed by atoms with Crippen molar-refractivity contribution in [3.63, 3.8) is 0 Å². The van der Waals surface area contributed by atoms with Crippen LogP contribution in [-0.2, 0) is 20.4 Å². The molecule has 1 amide bonds. The van der Waals surface area contributed by atoms with Crippen molar-refractivity contribution in [3.8, 4) is 0 Å². The zero-order chi connectivity index (χ0) is 12.3. The highest BCUT2D eigenvalue weighted by molar-refractivity contribution is 7.84. The van der Waals surface area contributed by atoms with Gasteiger partial charge in [-0.2, -0.15) is 12.6 Å². The van der Waals surface area contributed by atoms with E-state index in [0.717, 1.165) is 0 Å². The Labute approximate surface area is 102 Å². The average molecular weight is 265 g/mol. The minimum atomic E-state index is -1.04. The zero-order valence-electron chi connectivity index (χ0n) is 8.96. The van der Waals surface area contributed by atoms with E-state index in [0.29, 0.717) is 6.54 Å². The first-order valence-electron chi connectivity index (χ1n) is 4.92. The van der Waals surface area contributed by atoms with Crippen LogP contribution in [0.25, 0.3) is 0 Å². The van der Waals surface area contributed by atoms with E-state index in [-0.39, 0.29) is 29.8 Å². The van der Waals surface area contributed by atoms with Crippen LogP contribution in [0.1, 0.15) is 12.8 Å². The predicted molar refractivity (Wildman–Crippen MR) is 64.1 cm³/mol. The molecule has 1 rings (SSSR count). The second kappa shape index (κ2) is 5.67. The number of amides is 1. The molecule has 1 N–H and O–H groups in total. The summed E-state index contributed by atoms with van der Waals surface area (Å²) in [6.45, 7) is 0.356. The summed E-state index contributed by atoms with van der Waals surface area (Å²) in [5.41, 5.74) is 0. The molecule has 0 aromatic rings. The van der Waals surface area contributed by atoms with Gasteiger partial charge in [-0.25, -0.2) is 4.79 Å². The fourth-order valence-electron chi connectivity index (χ4n) is 1.70. The maximum absolute atomic E-state index is 11.5. The molecule has 1 fully saturated rings. The standard InChI is InChI=1S/C9H15NO4S2/c1-16(14)3-2-7(9(12)13)10-5-6(15)4-8(10)11/h6-7,15H,2-5H2,1H3,(H,12,13)/t6?,7-,16?/m0/s1. The Morgan fingerprint density at radius 1 is 1.75 bits per heavy atom. The van der Waals surface area contributed by atoms with Crippen LogP contribution in [0.5, 0.6) is 0 Å². The highest BCUT2D eigenvalue weighted by Crippen LogP contribution is 2.20. The molecule has 0 bridgehead atoms. The third kappa shape index (κ3) is 3.48. The number of carboxylic acid groups (broad SMARTS) is 1. The number of carboxylic acids is 1. The minimum absolute atomic E-state index is 0.0959. The molecule has 3 atom stereocenters. The summed E-state index contributed by atoms with van der Waals surface area (Å²) in [6, 6.07) is -0.867. The summed E-state index contributed by atoms with van der Waals surface area (Å²) >= 11 is 4.17. The first kappa shape index (κ1) is 13.5. The molecular weight excluding hydrogens is 250 g/mol. The lowest BCUT2D eigenvalue weighted by Gasteiger charge is -2.23. The fourth-order valence-corrected chi connectivity index (χ4v) is 2.59. The van der Waals surface area contributed by atoms with Crippen molar-refractivity contribution in [2.75, 3.05) is 18.6 Å². The SMILES string of the molecule is CS(=O)CC[C@@H](C(=O)O)N1CC(S)CC1=O. The molecule has 0 aliphatic carbocycles. The molecule has 16 heavy (non-hydrogen) atoms. The van der Waals surface area contributed by atoms with Gasteiger partial charge >= 0.3 is 5.97 Å². The lowest BCUT2D eigenvalue weighted by atomic mass is 10.2. The van der Waals surface area contributed by atoms with Gasteiger partial charge < -0.3 is 10.0 Å². The normalized spacial score (nSPS) is 24.5. The van der Waals surface area contributed by atoms with Crippen molar-refractivity contribution in [1.82, 2.24) is 4.90 Å². The highest BCUT2D eigenvalue weighted by atomic mass is 32.2. The number of hydrogen-bond acceptors (Lipinski definition) is 4. The van der Waals surface area contributed by atoms with Crippen LogP contribution in [0, 0.1) is 0 Å². The summed E-state index contributed by atoms with van der Waals surface area (Å²) < 4.78 is 10.9. The van der Waals surface area contributed by atoms with Crippen LogP contribution in [0.4, 0.5) is 0 Å². The molecule has 0 radical (unpaired) electrons. The second-order valence-electron chi connectivity index (χ2n) is 3.82. The van der Waals surface area contributed by atoms with Crippen molar-refractivity contribution in [3.05, 3.63) is 0 Å². The van der Waals surface area contributed by atoms with Crippen LogP contribution >= 0.6 is 12.6 Å². The van der Waals surface area contributed by atoms with Gasteiger partial charge in [-0.1, -0.05) is 0 Å². The number of carbonyl (C=O) groups is 2. The molecule has 0 saturated carbocycles. The quantitative estimate of drug-likeness (QED) is 0.672. The lowest BCUT2D eigenvalue weighted by Crippen LogP contribution is -2.43. The fraction of sp³-hybridized carbons (Fsp3) is 0.778. The average Bonchev–Trinajstić information content (AvgIpc) is 2.45. The van der Waals surface area contributed by atoms with Gasteiger partial charge in [0.05, 0.1) is 0 Å². The molecule has 0 aromatic heterocycles. The number of carbonyl (C=O) groups excluding carboxylic acids is 1. The molecule has 92 valence electrons. The third-order valence-electron chi connectivity index (χ3n) is 2.48. The highest BCUT2D eigenvalue weighted by Gasteiger charge is 2.36. The Morgan fingerprint density at radius 2 is 2.38 bits per heavy atom. The molecule has 2 unspecified atom stereocenters. The minimum Gasteiger partial charge on any atom is -0.480 e. The monoisotopic (exact) mass is 265 g/mol. The number of rotatable bonds is 5. The van der Waals surface area contributed by atoms with Gasteiger partial charge in [0.1, 0.15) is 6.04 Å². The van der Waals surface area contributed by atoms with Gasteiger partial charge in [-0.3, -0.25) is 9.00 Å². The molecule has 7 heteroatoms. The van der Waals surface area contributed by atoms with Gasteiger partial charge in [-0.05, 0) is 6.42 Å². The molecule has 0 aromatic carbocycles. The Balaban J connectivity index is 2.66. The largest absolute Gasteiger partial charge is 0.480 e. The first-order chi connectivity index (χ1) is 7.41. The van der Waals surface area contributed by atoms with E-state index >= 15 is 0 Å².